The number of carbonyl (C=O) groups excluding carboxylic acids is 1. The summed E-state index contributed by atoms with van der Waals surface area (Å²) in [5.74, 6) is 0.131. The first-order chi connectivity index (χ1) is 9.41. The fourth-order valence-corrected chi connectivity index (χ4v) is 3.68. The average Bonchev–Trinajstić information content (AvgIpc) is 2.45. The highest BCUT2D eigenvalue weighted by Crippen LogP contribution is 2.20. The molecule has 1 heterocycles. The van der Waals surface area contributed by atoms with Gasteiger partial charge in [-0.3, -0.25) is 4.79 Å². The minimum absolute atomic E-state index is 0. The van der Waals surface area contributed by atoms with E-state index in [-0.39, 0.29) is 25.4 Å². The lowest BCUT2D eigenvalue weighted by atomic mass is 9.98. The smallest absolute Gasteiger partial charge is 0.306 e. The van der Waals surface area contributed by atoms with Crippen LogP contribution in [0.1, 0.15) is 19.3 Å². The molecule has 0 bridgehead atoms. The fraction of sp³-hybridized carbons (Fsp3) is 0.917. The lowest BCUT2D eigenvalue weighted by molar-refractivity contribution is -0.140. The minimum atomic E-state index is -3.47. The SMILES string of the molecule is CNCC1CCN(S(=O)(=O)N(C)CCC(=O)OC)CC1.Cl. The first-order valence-corrected chi connectivity index (χ1v) is 8.24. The topological polar surface area (TPSA) is 79.0 Å². The van der Waals surface area contributed by atoms with E-state index in [1.54, 1.807) is 0 Å². The van der Waals surface area contributed by atoms with Crippen LogP contribution in [-0.4, -0.2) is 70.4 Å². The van der Waals surface area contributed by atoms with Gasteiger partial charge in [-0.25, -0.2) is 0 Å². The van der Waals surface area contributed by atoms with Crippen LogP contribution in [0.25, 0.3) is 0 Å². The van der Waals surface area contributed by atoms with Crippen LogP contribution in [0.5, 0.6) is 0 Å². The quantitative estimate of drug-likeness (QED) is 0.662. The highest BCUT2D eigenvalue weighted by molar-refractivity contribution is 7.86. The molecule has 1 saturated heterocycles. The molecule has 0 radical (unpaired) electrons. The molecule has 1 aliphatic rings. The summed E-state index contributed by atoms with van der Waals surface area (Å²) in [5, 5.41) is 3.12. The normalized spacial score (nSPS) is 17.5. The third-order valence-electron chi connectivity index (χ3n) is 3.64. The number of hydrogen-bond donors (Lipinski definition) is 1. The number of nitrogens with zero attached hydrogens (tertiary/aromatic N) is 2. The summed E-state index contributed by atoms with van der Waals surface area (Å²) in [7, 11) is 1.23. The third kappa shape index (κ3) is 6.07. The molecular formula is C12H26ClN3O4S. The largest absolute Gasteiger partial charge is 0.469 e. The van der Waals surface area contributed by atoms with Gasteiger partial charge in [0.05, 0.1) is 13.5 Å². The molecule has 1 fully saturated rings. The highest BCUT2D eigenvalue weighted by Gasteiger charge is 2.30. The van der Waals surface area contributed by atoms with Crippen LogP contribution in [-0.2, 0) is 19.7 Å². The number of rotatable bonds is 7. The number of carbonyl (C=O) groups is 1. The first kappa shape index (κ1) is 20.6. The van der Waals surface area contributed by atoms with Gasteiger partial charge in [-0.2, -0.15) is 17.0 Å². The second-order valence-corrected chi connectivity index (χ2v) is 7.09. The van der Waals surface area contributed by atoms with Crippen molar-refractivity contribution < 1.29 is 17.9 Å². The molecule has 0 aromatic heterocycles. The Morgan fingerprint density at radius 3 is 2.43 bits per heavy atom. The van der Waals surface area contributed by atoms with E-state index < -0.39 is 16.2 Å². The third-order valence-corrected chi connectivity index (χ3v) is 5.63. The van der Waals surface area contributed by atoms with Crippen molar-refractivity contribution in [3.63, 3.8) is 0 Å². The monoisotopic (exact) mass is 343 g/mol. The number of ether oxygens (including phenoxy) is 1. The first-order valence-electron chi connectivity index (χ1n) is 6.84. The second kappa shape index (κ2) is 9.58. The van der Waals surface area contributed by atoms with Gasteiger partial charge < -0.3 is 10.1 Å². The Morgan fingerprint density at radius 1 is 1.38 bits per heavy atom. The van der Waals surface area contributed by atoms with Crippen molar-refractivity contribution in [2.45, 2.75) is 19.3 Å². The standard InChI is InChI=1S/C12H25N3O4S.ClH/c1-13-10-11-4-8-15(9-5-11)20(17,18)14(2)7-6-12(16)19-3;/h11,13H,4-10H2,1-3H3;1H. The molecule has 0 atom stereocenters. The summed E-state index contributed by atoms with van der Waals surface area (Å²) >= 11 is 0. The lowest BCUT2D eigenvalue weighted by Crippen LogP contribution is -2.47. The van der Waals surface area contributed by atoms with Crippen LogP contribution in [0.4, 0.5) is 0 Å². The van der Waals surface area contributed by atoms with Gasteiger partial charge in [-0.05, 0) is 32.4 Å². The van der Waals surface area contributed by atoms with Crippen molar-refractivity contribution in [3.8, 4) is 0 Å². The van der Waals surface area contributed by atoms with Crippen molar-refractivity contribution in [3.05, 3.63) is 0 Å². The summed E-state index contributed by atoms with van der Waals surface area (Å²) in [4.78, 5) is 11.1. The Labute approximate surface area is 133 Å². The number of halogens is 1. The van der Waals surface area contributed by atoms with Crippen LogP contribution in [0, 0.1) is 5.92 Å². The van der Waals surface area contributed by atoms with Crippen molar-refractivity contribution in [1.29, 1.82) is 0 Å². The molecule has 1 rings (SSSR count). The molecule has 21 heavy (non-hydrogen) atoms. The maximum atomic E-state index is 12.3. The van der Waals surface area contributed by atoms with E-state index in [4.69, 9.17) is 0 Å². The van der Waals surface area contributed by atoms with Crippen molar-refractivity contribution in [1.82, 2.24) is 13.9 Å². The number of methoxy groups -OCH3 is 1. The van der Waals surface area contributed by atoms with Gasteiger partial charge in [-0.15, -0.1) is 12.4 Å². The zero-order valence-electron chi connectivity index (χ0n) is 12.9. The molecule has 9 heteroatoms. The Kier molecular flexibility index (Phi) is 9.39. The molecule has 0 aromatic rings. The summed E-state index contributed by atoms with van der Waals surface area (Å²) < 4.78 is 31.9. The van der Waals surface area contributed by atoms with Gasteiger partial charge in [0.1, 0.15) is 0 Å². The Balaban J connectivity index is 0.00000400. The van der Waals surface area contributed by atoms with Gasteiger partial charge in [0.25, 0.3) is 10.2 Å². The van der Waals surface area contributed by atoms with Gasteiger partial charge in [0.15, 0.2) is 0 Å². The maximum Gasteiger partial charge on any atom is 0.306 e. The summed E-state index contributed by atoms with van der Waals surface area (Å²) in [6, 6.07) is 0. The van der Waals surface area contributed by atoms with E-state index in [0.717, 1.165) is 19.4 Å². The summed E-state index contributed by atoms with van der Waals surface area (Å²) in [6.45, 7) is 2.14. The predicted octanol–water partition coefficient (Wildman–Crippen LogP) is 0.0793. The van der Waals surface area contributed by atoms with Gasteiger partial charge in [-0.1, -0.05) is 0 Å². The minimum Gasteiger partial charge on any atom is -0.469 e. The van der Waals surface area contributed by atoms with Crippen molar-refractivity contribution in [2.24, 2.45) is 5.92 Å². The molecule has 1 N–H and O–H groups in total. The van der Waals surface area contributed by atoms with E-state index in [1.807, 2.05) is 7.05 Å². The van der Waals surface area contributed by atoms with Crippen LogP contribution < -0.4 is 5.32 Å². The highest BCUT2D eigenvalue weighted by atomic mass is 35.5. The van der Waals surface area contributed by atoms with Gasteiger partial charge >= 0.3 is 5.97 Å². The van der Waals surface area contributed by atoms with Crippen LogP contribution >= 0.6 is 12.4 Å². The zero-order chi connectivity index (χ0) is 15.2. The van der Waals surface area contributed by atoms with Gasteiger partial charge in [0, 0.05) is 26.7 Å². The van der Waals surface area contributed by atoms with Crippen molar-refractivity contribution >= 4 is 28.6 Å². The summed E-state index contributed by atoms with van der Waals surface area (Å²) in [5.41, 5.74) is 0. The van der Waals surface area contributed by atoms with E-state index >= 15 is 0 Å². The van der Waals surface area contributed by atoms with E-state index in [1.165, 1.54) is 22.8 Å². The average molecular weight is 344 g/mol. The maximum absolute atomic E-state index is 12.3. The molecule has 0 amide bonds. The van der Waals surface area contributed by atoms with E-state index in [2.05, 4.69) is 10.1 Å². The molecule has 1 aliphatic heterocycles. The summed E-state index contributed by atoms with van der Waals surface area (Å²) in [6.07, 6.45) is 1.80. The Bertz CT molecular complexity index is 411. The fourth-order valence-electron chi connectivity index (χ4n) is 2.30. The van der Waals surface area contributed by atoms with E-state index in [9.17, 15) is 13.2 Å². The molecule has 126 valence electrons. The molecule has 0 unspecified atom stereocenters. The van der Waals surface area contributed by atoms with Crippen LogP contribution in [0.15, 0.2) is 0 Å². The molecule has 0 aliphatic carbocycles. The molecular weight excluding hydrogens is 318 g/mol. The Hall–Kier alpha value is -0.410. The van der Waals surface area contributed by atoms with Crippen molar-refractivity contribution in [2.75, 3.05) is 47.4 Å². The number of hydrogen-bond acceptors (Lipinski definition) is 5. The number of piperidine rings is 1. The molecule has 7 nitrogen and oxygen atoms in total. The zero-order valence-corrected chi connectivity index (χ0v) is 14.5. The van der Waals surface area contributed by atoms with Gasteiger partial charge in [0.2, 0.25) is 0 Å². The predicted molar refractivity (Wildman–Crippen MR) is 83.7 cm³/mol. The van der Waals surface area contributed by atoms with Crippen LogP contribution in [0.2, 0.25) is 0 Å². The molecule has 0 saturated carbocycles. The second-order valence-electron chi connectivity index (χ2n) is 5.06. The Morgan fingerprint density at radius 2 is 1.95 bits per heavy atom. The van der Waals surface area contributed by atoms with Crippen LogP contribution in [0.3, 0.4) is 0 Å². The molecule has 0 spiro atoms. The molecule has 0 aromatic carbocycles. The van der Waals surface area contributed by atoms with E-state index in [0.29, 0.717) is 19.0 Å². The number of esters is 1. The number of nitrogens with one attached hydrogen (secondary N) is 1. The lowest BCUT2D eigenvalue weighted by Gasteiger charge is -2.33.